The van der Waals surface area contributed by atoms with E-state index in [2.05, 4.69) is 0 Å². The van der Waals surface area contributed by atoms with E-state index in [4.69, 9.17) is 5.73 Å². The minimum atomic E-state index is 0. The predicted octanol–water partition coefficient (Wildman–Crippen LogP) is 2.08. The van der Waals surface area contributed by atoms with Gasteiger partial charge in [-0.25, -0.2) is 0 Å². The lowest BCUT2D eigenvalue weighted by molar-refractivity contribution is 0.343. The molecule has 0 saturated heterocycles. The molecule has 1 aliphatic carbocycles. The first-order valence-electron chi connectivity index (χ1n) is 4.13. The highest BCUT2D eigenvalue weighted by Gasteiger charge is 2.11. The van der Waals surface area contributed by atoms with E-state index in [9.17, 15) is 0 Å². The van der Waals surface area contributed by atoms with Crippen molar-refractivity contribution in [2.75, 3.05) is 6.54 Å². The van der Waals surface area contributed by atoms with Crippen LogP contribution in [0.15, 0.2) is 0 Å². The third-order valence-electron chi connectivity index (χ3n) is 2.30. The van der Waals surface area contributed by atoms with Crippen molar-refractivity contribution in [2.45, 2.75) is 38.5 Å². The van der Waals surface area contributed by atoms with Crippen LogP contribution >= 0.6 is 0 Å². The molecule has 5 N–H and O–H groups in total. The quantitative estimate of drug-likeness (QED) is 0.623. The van der Waals surface area contributed by atoms with E-state index in [-0.39, 0.29) is 6.15 Å². The molecule has 0 radical (unpaired) electrons. The van der Waals surface area contributed by atoms with Gasteiger partial charge in [-0.3, -0.25) is 0 Å². The lowest BCUT2D eigenvalue weighted by Gasteiger charge is -2.20. The second-order valence-electron chi connectivity index (χ2n) is 3.08. The molecular formula is C8H20N2. The first-order chi connectivity index (χ1) is 4.43. The van der Waals surface area contributed by atoms with Gasteiger partial charge in [0.25, 0.3) is 0 Å². The summed E-state index contributed by atoms with van der Waals surface area (Å²) in [6, 6.07) is 0. The molecule has 0 aromatic heterocycles. The Morgan fingerprint density at radius 1 is 1.10 bits per heavy atom. The highest BCUT2D eigenvalue weighted by Crippen LogP contribution is 2.25. The Labute approximate surface area is 63.8 Å². The summed E-state index contributed by atoms with van der Waals surface area (Å²) in [5, 5.41) is 0. The molecule has 0 atom stereocenters. The monoisotopic (exact) mass is 144 g/mol. The second kappa shape index (κ2) is 5.69. The van der Waals surface area contributed by atoms with E-state index < -0.39 is 0 Å². The van der Waals surface area contributed by atoms with E-state index in [0.29, 0.717) is 0 Å². The molecule has 2 nitrogen and oxygen atoms in total. The van der Waals surface area contributed by atoms with E-state index in [1.54, 1.807) is 0 Å². The lowest BCUT2D eigenvalue weighted by atomic mass is 9.87. The Hall–Kier alpha value is -0.0800. The molecule has 0 bridgehead atoms. The van der Waals surface area contributed by atoms with Crippen LogP contribution in [0.4, 0.5) is 0 Å². The normalized spacial score (nSPS) is 20.1. The number of rotatable bonds is 2. The lowest BCUT2D eigenvalue weighted by Crippen LogP contribution is -2.11. The Balaban J connectivity index is 0.000000810. The minimum absolute atomic E-state index is 0. The third-order valence-corrected chi connectivity index (χ3v) is 2.30. The summed E-state index contributed by atoms with van der Waals surface area (Å²) in [6.45, 7) is 0.894. The molecule has 1 saturated carbocycles. The van der Waals surface area contributed by atoms with Crippen LogP contribution in [-0.2, 0) is 0 Å². The van der Waals surface area contributed by atoms with E-state index in [1.807, 2.05) is 0 Å². The second-order valence-corrected chi connectivity index (χ2v) is 3.08. The van der Waals surface area contributed by atoms with Gasteiger partial charge in [-0.05, 0) is 18.9 Å². The molecule has 0 amide bonds. The van der Waals surface area contributed by atoms with Crippen LogP contribution in [-0.4, -0.2) is 6.54 Å². The van der Waals surface area contributed by atoms with Gasteiger partial charge >= 0.3 is 0 Å². The van der Waals surface area contributed by atoms with Crippen LogP contribution in [0.25, 0.3) is 0 Å². The van der Waals surface area contributed by atoms with Gasteiger partial charge in [0.1, 0.15) is 0 Å². The molecule has 0 spiro atoms. The van der Waals surface area contributed by atoms with E-state index in [0.717, 1.165) is 12.5 Å². The van der Waals surface area contributed by atoms with Crippen molar-refractivity contribution in [2.24, 2.45) is 11.7 Å². The van der Waals surface area contributed by atoms with Crippen molar-refractivity contribution < 1.29 is 0 Å². The Morgan fingerprint density at radius 3 is 2.20 bits per heavy atom. The summed E-state index contributed by atoms with van der Waals surface area (Å²) in [4.78, 5) is 0. The first-order valence-corrected chi connectivity index (χ1v) is 4.13. The van der Waals surface area contributed by atoms with Gasteiger partial charge in [0.15, 0.2) is 0 Å². The number of hydrogen-bond donors (Lipinski definition) is 2. The summed E-state index contributed by atoms with van der Waals surface area (Å²) in [7, 11) is 0. The minimum Gasteiger partial charge on any atom is -0.344 e. The van der Waals surface area contributed by atoms with Crippen LogP contribution in [0.1, 0.15) is 38.5 Å². The van der Waals surface area contributed by atoms with Crippen LogP contribution in [0.5, 0.6) is 0 Å². The first kappa shape index (κ1) is 9.92. The van der Waals surface area contributed by atoms with Gasteiger partial charge in [-0.15, -0.1) is 0 Å². The molecule has 1 aliphatic rings. The van der Waals surface area contributed by atoms with Crippen molar-refractivity contribution >= 4 is 0 Å². The standard InChI is InChI=1S/C8H17N.H3N/c9-7-6-8-4-2-1-3-5-8;/h8H,1-7,9H2;1H3. The smallest absolute Gasteiger partial charge is 0.00746 e. The van der Waals surface area contributed by atoms with Crippen LogP contribution in [0.3, 0.4) is 0 Å². The summed E-state index contributed by atoms with van der Waals surface area (Å²) in [6.07, 6.45) is 8.50. The molecule has 0 heterocycles. The van der Waals surface area contributed by atoms with Gasteiger partial charge < -0.3 is 11.9 Å². The number of nitrogens with two attached hydrogens (primary N) is 1. The maximum Gasteiger partial charge on any atom is -0.00746 e. The zero-order valence-corrected chi connectivity index (χ0v) is 6.81. The maximum absolute atomic E-state index is 5.46. The SMILES string of the molecule is N.NCCC1CCCCC1. The fourth-order valence-corrected chi connectivity index (χ4v) is 1.71. The highest BCUT2D eigenvalue weighted by molar-refractivity contribution is 4.65. The van der Waals surface area contributed by atoms with Crippen molar-refractivity contribution in [3.05, 3.63) is 0 Å². The zero-order chi connectivity index (χ0) is 6.53. The van der Waals surface area contributed by atoms with Crippen molar-refractivity contribution in [1.82, 2.24) is 6.15 Å². The third kappa shape index (κ3) is 3.18. The van der Waals surface area contributed by atoms with Gasteiger partial charge in [-0.1, -0.05) is 32.1 Å². The van der Waals surface area contributed by atoms with Gasteiger partial charge in [0, 0.05) is 0 Å². The van der Waals surface area contributed by atoms with Gasteiger partial charge in [0.2, 0.25) is 0 Å². The average Bonchev–Trinajstić information content (AvgIpc) is 1.91. The molecule has 1 fully saturated rings. The fraction of sp³-hybridized carbons (Fsp3) is 1.00. The molecule has 1 rings (SSSR count). The Kier molecular flexibility index (Phi) is 5.64. The van der Waals surface area contributed by atoms with Crippen LogP contribution in [0.2, 0.25) is 0 Å². The predicted molar refractivity (Wildman–Crippen MR) is 45.3 cm³/mol. The van der Waals surface area contributed by atoms with Crippen molar-refractivity contribution in [3.63, 3.8) is 0 Å². The van der Waals surface area contributed by atoms with E-state index in [1.165, 1.54) is 38.5 Å². The molecule has 62 valence electrons. The molecular weight excluding hydrogens is 124 g/mol. The van der Waals surface area contributed by atoms with Crippen molar-refractivity contribution in [3.8, 4) is 0 Å². The molecule has 0 aliphatic heterocycles. The van der Waals surface area contributed by atoms with Crippen LogP contribution < -0.4 is 11.9 Å². The summed E-state index contributed by atoms with van der Waals surface area (Å²) in [5.74, 6) is 0.976. The summed E-state index contributed by atoms with van der Waals surface area (Å²) < 4.78 is 0. The number of hydrogen-bond acceptors (Lipinski definition) is 2. The maximum atomic E-state index is 5.46. The van der Waals surface area contributed by atoms with E-state index >= 15 is 0 Å². The average molecular weight is 144 g/mol. The molecule has 10 heavy (non-hydrogen) atoms. The molecule has 2 heteroatoms. The molecule has 0 unspecified atom stereocenters. The largest absolute Gasteiger partial charge is 0.344 e. The Bertz CT molecular complexity index is 64.9. The van der Waals surface area contributed by atoms with Crippen molar-refractivity contribution in [1.29, 1.82) is 0 Å². The molecule has 0 aromatic rings. The van der Waals surface area contributed by atoms with Gasteiger partial charge in [-0.2, -0.15) is 0 Å². The molecule has 0 aromatic carbocycles. The summed E-state index contributed by atoms with van der Waals surface area (Å²) in [5.41, 5.74) is 5.46. The van der Waals surface area contributed by atoms with Gasteiger partial charge in [0.05, 0.1) is 0 Å². The Morgan fingerprint density at radius 2 is 1.70 bits per heavy atom. The topological polar surface area (TPSA) is 61.0 Å². The summed E-state index contributed by atoms with van der Waals surface area (Å²) >= 11 is 0. The van der Waals surface area contributed by atoms with Crippen LogP contribution in [0, 0.1) is 5.92 Å². The zero-order valence-electron chi connectivity index (χ0n) is 6.81. The highest BCUT2D eigenvalue weighted by atomic mass is 14.5. The fourth-order valence-electron chi connectivity index (χ4n) is 1.71.